The molecule has 1 saturated heterocycles. The van der Waals surface area contributed by atoms with E-state index in [2.05, 4.69) is 44.7 Å². The van der Waals surface area contributed by atoms with Gasteiger partial charge in [0, 0.05) is 5.92 Å². The average Bonchev–Trinajstić information content (AvgIpc) is 2.67. The Morgan fingerprint density at radius 2 is 1.46 bits per heavy atom. The van der Waals surface area contributed by atoms with Gasteiger partial charge in [0.1, 0.15) is 12.2 Å². The van der Waals surface area contributed by atoms with Crippen molar-refractivity contribution in [2.24, 2.45) is 11.8 Å². The monoisotopic (exact) mass is 352 g/mol. The lowest BCUT2D eigenvalue weighted by atomic mass is 9.84. The fourth-order valence-electron chi connectivity index (χ4n) is 3.31. The molecule has 1 heterocycles. The summed E-state index contributed by atoms with van der Waals surface area (Å²) in [7, 11) is 0. The van der Waals surface area contributed by atoms with Gasteiger partial charge < -0.3 is 14.2 Å². The van der Waals surface area contributed by atoms with E-state index in [1.807, 2.05) is 36.4 Å². The Kier molecular flexibility index (Phi) is 6.48. The fourth-order valence-corrected chi connectivity index (χ4v) is 3.31. The van der Waals surface area contributed by atoms with E-state index in [0.717, 1.165) is 11.3 Å². The van der Waals surface area contributed by atoms with Crippen molar-refractivity contribution in [1.82, 2.24) is 0 Å². The van der Waals surface area contributed by atoms with Crippen LogP contribution in [0.3, 0.4) is 0 Å². The summed E-state index contributed by atoms with van der Waals surface area (Å²) in [6.07, 6.45) is -0.160. The highest BCUT2D eigenvalue weighted by atomic mass is 16.6. The van der Waals surface area contributed by atoms with E-state index >= 15 is 0 Å². The van der Waals surface area contributed by atoms with Crippen LogP contribution in [0.4, 0.5) is 0 Å². The molecule has 26 heavy (non-hydrogen) atoms. The Morgan fingerprint density at radius 3 is 2.08 bits per heavy atom. The molecule has 0 amide bonds. The van der Waals surface area contributed by atoms with Crippen LogP contribution in [0.2, 0.25) is 0 Å². The summed E-state index contributed by atoms with van der Waals surface area (Å²) in [6.45, 7) is 10.1. The van der Waals surface area contributed by atoms with Gasteiger partial charge in [0.15, 0.2) is 0 Å². The highest BCUT2D eigenvalue weighted by Gasteiger charge is 2.39. The maximum absolute atomic E-state index is 6.27. The van der Waals surface area contributed by atoms with Gasteiger partial charge in [-0.1, -0.05) is 81.1 Å². The van der Waals surface area contributed by atoms with Gasteiger partial charge in [-0.05, 0) is 17.0 Å². The molecule has 138 valence electrons. The summed E-state index contributed by atoms with van der Waals surface area (Å²) in [6, 6.07) is 20.4. The third-order valence-corrected chi connectivity index (χ3v) is 5.16. The molecule has 0 spiro atoms. The molecular weight excluding hydrogens is 324 g/mol. The van der Waals surface area contributed by atoms with Gasteiger partial charge in [-0.2, -0.15) is 0 Å². The van der Waals surface area contributed by atoms with Crippen LogP contribution < -0.4 is 0 Å². The zero-order valence-corrected chi connectivity index (χ0v) is 15.6. The lowest BCUT2D eigenvalue weighted by molar-refractivity contribution is -0.148. The minimum Gasteiger partial charge on any atom is -0.490 e. The summed E-state index contributed by atoms with van der Waals surface area (Å²) in [5.41, 5.74) is 2.33. The van der Waals surface area contributed by atoms with Gasteiger partial charge in [-0.25, -0.2) is 0 Å². The second-order valence-electron chi connectivity index (χ2n) is 7.03. The van der Waals surface area contributed by atoms with E-state index in [4.69, 9.17) is 14.2 Å². The Morgan fingerprint density at radius 1 is 0.885 bits per heavy atom. The molecule has 3 heteroatoms. The fraction of sp³-hybridized carbons (Fsp3) is 0.391. The SMILES string of the molecule is C=C1OC(COCc2ccccc2)[C@H](OCc2ccccc2)C(C)[C@@H]1C. The molecule has 0 radical (unpaired) electrons. The number of allylic oxidation sites excluding steroid dienone is 1. The molecule has 1 aliphatic rings. The Bertz CT molecular complexity index is 683. The van der Waals surface area contributed by atoms with Crippen molar-refractivity contribution in [3.05, 3.63) is 84.1 Å². The van der Waals surface area contributed by atoms with Crippen molar-refractivity contribution < 1.29 is 14.2 Å². The Balaban J connectivity index is 1.60. The van der Waals surface area contributed by atoms with Crippen LogP contribution in [0.5, 0.6) is 0 Å². The third-order valence-electron chi connectivity index (χ3n) is 5.16. The normalized spacial score (nSPS) is 25.7. The first-order valence-electron chi connectivity index (χ1n) is 9.28. The van der Waals surface area contributed by atoms with Crippen molar-refractivity contribution in [2.45, 2.75) is 39.3 Å². The predicted octanol–water partition coefficient (Wildman–Crippen LogP) is 4.97. The quantitative estimate of drug-likeness (QED) is 0.704. The smallest absolute Gasteiger partial charge is 0.148 e. The number of hydrogen-bond acceptors (Lipinski definition) is 3. The van der Waals surface area contributed by atoms with E-state index in [1.165, 1.54) is 5.56 Å². The number of hydrogen-bond donors (Lipinski definition) is 0. The molecule has 0 saturated carbocycles. The highest BCUT2D eigenvalue weighted by Crippen LogP contribution is 2.34. The highest BCUT2D eigenvalue weighted by molar-refractivity contribution is 5.14. The van der Waals surface area contributed by atoms with Gasteiger partial charge in [0.2, 0.25) is 0 Å². The first-order valence-corrected chi connectivity index (χ1v) is 9.28. The van der Waals surface area contributed by atoms with Gasteiger partial charge in [-0.15, -0.1) is 0 Å². The number of benzene rings is 2. The van der Waals surface area contributed by atoms with E-state index in [1.54, 1.807) is 0 Å². The molecule has 3 rings (SSSR count). The summed E-state index contributed by atoms with van der Waals surface area (Å²) < 4.78 is 18.3. The Labute approximate surface area is 156 Å². The molecule has 2 unspecified atom stereocenters. The van der Waals surface area contributed by atoms with E-state index in [0.29, 0.717) is 25.7 Å². The molecule has 1 aliphatic heterocycles. The Hall–Kier alpha value is -2.10. The summed E-state index contributed by atoms with van der Waals surface area (Å²) in [4.78, 5) is 0. The minimum absolute atomic E-state index is 0.0218. The zero-order chi connectivity index (χ0) is 18.4. The maximum atomic E-state index is 6.27. The van der Waals surface area contributed by atoms with Crippen molar-refractivity contribution in [3.8, 4) is 0 Å². The molecule has 0 bridgehead atoms. The predicted molar refractivity (Wildman–Crippen MR) is 103 cm³/mol. The standard InChI is InChI=1S/C23H28O3/c1-17-18(2)23(25-15-21-12-8-5-9-13-21)22(26-19(17)3)16-24-14-20-10-6-4-7-11-20/h4-13,17-18,22-23H,3,14-16H2,1-2H3/t17-,18?,22?,23+/m0/s1. The van der Waals surface area contributed by atoms with E-state index in [-0.39, 0.29) is 18.1 Å². The largest absolute Gasteiger partial charge is 0.490 e. The molecule has 0 aliphatic carbocycles. The first kappa shape index (κ1) is 18.7. The minimum atomic E-state index is -0.138. The maximum Gasteiger partial charge on any atom is 0.148 e. The van der Waals surface area contributed by atoms with Gasteiger partial charge in [-0.3, -0.25) is 0 Å². The summed E-state index contributed by atoms with van der Waals surface area (Å²) in [5, 5.41) is 0. The lowest BCUT2D eigenvalue weighted by Gasteiger charge is -2.41. The molecule has 2 aromatic rings. The first-order chi connectivity index (χ1) is 12.6. The second kappa shape index (κ2) is 9.02. The number of rotatable bonds is 7. The molecule has 4 atom stereocenters. The molecule has 1 fully saturated rings. The van der Waals surface area contributed by atoms with Crippen LogP contribution >= 0.6 is 0 Å². The molecule has 0 N–H and O–H groups in total. The van der Waals surface area contributed by atoms with Crippen LogP contribution in [0, 0.1) is 11.8 Å². The van der Waals surface area contributed by atoms with Crippen molar-refractivity contribution in [2.75, 3.05) is 6.61 Å². The van der Waals surface area contributed by atoms with Gasteiger partial charge in [0.05, 0.1) is 25.6 Å². The third kappa shape index (κ3) is 4.75. The topological polar surface area (TPSA) is 27.7 Å². The van der Waals surface area contributed by atoms with Crippen LogP contribution in [-0.2, 0) is 27.4 Å². The lowest BCUT2D eigenvalue weighted by Crippen LogP contribution is -2.47. The van der Waals surface area contributed by atoms with E-state index < -0.39 is 0 Å². The molecule has 2 aromatic carbocycles. The van der Waals surface area contributed by atoms with Crippen LogP contribution in [-0.4, -0.2) is 18.8 Å². The molecule has 3 nitrogen and oxygen atoms in total. The van der Waals surface area contributed by atoms with Crippen molar-refractivity contribution in [1.29, 1.82) is 0 Å². The summed E-state index contributed by atoms with van der Waals surface area (Å²) >= 11 is 0. The van der Waals surface area contributed by atoms with Crippen LogP contribution in [0.1, 0.15) is 25.0 Å². The molecular formula is C23H28O3. The van der Waals surface area contributed by atoms with Crippen molar-refractivity contribution >= 4 is 0 Å². The van der Waals surface area contributed by atoms with Crippen LogP contribution in [0.15, 0.2) is 73.0 Å². The molecule has 0 aromatic heterocycles. The number of ether oxygens (including phenoxy) is 3. The second-order valence-corrected chi connectivity index (χ2v) is 7.03. The van der Waals surface area contributed by atoms with Gasteiger partial charge >= 0.3 is 0 Å². The zero-order valence-electron chi connectivity index (χ0n) is 15.6. The average molecular weight is 352 g/mol. The summed E-state index contributed by atoms with van der Waals surface area (Å²) in [5.74, 6) is 1.41. The van der Waals surface area contributed by atoms with Gasteiger partial charge in [0.25, 0.3) is 0 Å². The van der Waals surface area contributed by atoms with Crippen LogP contribution in [0.25, 0.3) is 0 Å². The van der Waals surface area contributed by atoms with E-state index in [9.17, 15) is 0 Å². The van der Waals surface area contributed by atoms with Crippen molar-refractivity contribution in [3.63, 3.8) is 0 Å².